The van der Waals surface area contributed by atoms with E-state index in [2.05, 4.69) is 0 Å². The van der Waals surface area contributed by atoms with Gasteiger partial charge in [0.05, 0.1) is 0 Å². The molecule has 2 aromatic rings. The zero-order valence-electron chi connectivity index (χ0n) is 30.1. The molecule has 2 atom stereocenters. The third kappa shape index (κ3) is 9.83. The zero-order chi connectivity index (χ0) is 37.1. The minimum Gasteiger partial charge on any atom is -0.456 e. The fourth-order valence-electron chi connectivity index (χ4n) is 5.92. The van der Waals surface area contributed by atoms with E-state index in [9.17, 15) is 28.8 Å². The maximum absolute atomic E-state index is 13.0. The van der Waals surface area contributed by atoms with Gasteiger partial charge >= 0.3 is 24.1 Å². The first-order valence-electron chi connectivity index (χ1n) is 17.3. The first kappa shape index (κ1) is 37.3. The summed E-state index contributed by atoms with van der Waals surface area (Å²) < 4.78 is 21.6. The lowest BCUT2D eigenvalue weighted by Crippen LogP contribution is -2.44. The van der Waals surface area contributed by atoms with E-state index in [-0.39, 0.29) is 0 Å². The summed E-state index contributed by atoms with van der Waals surface area (Å²) in [6.07, 6.45) is 3.67. The Kier molecular flexibility index (Phi) is 11.0. The van der Waals surface area contributed by atoms with Gasteiger partial charge in [-0.05, 0) is 95.9 Å². The number of nitrogens with zero attached hydrogens (tertiary/aromatic N) is 2. The van der Waals surface area contributed by atoms with Crippen molar-refractivity contribution in [1.29, 1.82) is 0 Å². The highest BCUT2D eigenvalue weighted by molar-refractivity contribution is 6.00. The van der Waals surface area contributed by atoms with Crippen LogP contribution in [-0.2, 0) is 28.5 Å². The predicted molar refractivity (Wildman–Crippen MR) is 186 cm³/mol. The Morgan fingerprint density at radius 3 is 1.59 bits per heavy atom. The number of carbonyl (C=O) groups is 6. The van der Waals surface area contributed by atoms with Gasteiger partial charge in [-0.1, -0.05) is 48.5 Å². The summed E-state index contributed by atoms with van der Waals surface area (Å²) in [4.78, 5) is 79.5. The van der Waals surface area contributed by atoms with Gasteiger partial charge in [0.25, 0.3) is 0 Å². The van der Waals surface area contributed by atoms with E-state index in [1.54, 1.807) is 96.1 Å². The van der Waals surface area contributed by atoms with E-state index < -0.39 is 72.2 Å². The van der Waals surface area contributed by atoms with Crippen LogP contribution >= 0.6 is 0 Å². The van der Waals surface area contributed by atoms with E-state index in [4.69, 9.17) is 18.9 Å². The van der Waals surface area contributed by atoms with Crippen molar-refractivity contribution in [2.45, 2.75) is 90.5 Å². The van der Waals surface area contributed by atoms with Gasteiger partial charge in [0, 0.05) is 24.2 Å². The van der Waals surface area contributed by atoms with Gasteiger partial charge in [0.15, 0.2) is 30.8 Å². The van der Waals surface area contributed by atoms with Gasteiger partial charge in [0.2, 0.25) is 0 Å². The average molecular weight is 703 g/mol. The van der Waals surface area contributed by atoms with Crippen LogP contribution in [0.1, 0.15) is 87.9 Å². The summed E-state index contributed by atoms with van der Waals surface area (Å²) in [5.74, 6) is -1.76. The molecule has 2 amide bonds. The normalized spacial score (nSPS) is 18.9. The highest BCUT2D eigenvalue weighted by atomic mass is 16.6. The molecule has 2 fully saturated rings. The maximum atomic E-state index is 13.0. The molecule has 2 heterocycles. The van der Waals surface area contributed by atoms with Crippen LogP contribution in [0.25, 0.3) is 11.1 Å². The second kappa shape index (κ2) is 15.1. The summed E-state index contributed by atoms with van der Waals surface area (Å²) in [6.45, 7) is 10.3. The van der Waals surface area contributed by atoms with Crippen molar-refractivity contribution in [2.24, 2.45) is 5.92 Å². The quantitative estimate of drug-likeness (QED) is 0.122. The number of ether oxygens (including phenoxy) is 4. The van der Waals surface area contributed by atoms with Gasteiger partial charge in [0.1, 0.15) is 17.2 Å². The van der Waals surface area contributed by atoms with Crippen molar-refractivity contribution >= 4 is 35.7 Å². The number of ketones is 2. The van der Waals surface area contributed by atoms with Crippen LogP contribution in [0, 0.1) is 5.92 Å². The minimum absolute atomic E-state index is 0.300. The maximum Gasteiger partial charge on any atom is 0.411 e. The predicted octanol–water partition coefficient (Wildman–Crippen LogP) is 6.16. The Labute approximate surface area is 298 Å². The van der Waals surface area contributed by atoms with Crippen molar-refractivity contribution in [3.63, 3.8) is 0 Å². The van der Waals surface area contributed by atoms with E-state index in [1.165, 1.54) is 9.80 Å². The van der Waals surface area contributed by atoms with Crippen LogP contribution in [0.3, 0.4) is 0 Å². The molecule has 12 nitrogen and oxygen atoms in total. The number of carbonyl (C=O) groups excluding carboxylic acids is 6. The number of rotatable bonds is 10. The zero-order valence-corrected chi connectivity index (χ0v) is 30.1. The number of hydrogen-bond donors (Lipinski definition) is 0. The molecule has 0 aromatic heterocycles. The number of benzene rings is 2. The summed E-state index contributed by atoms with van der Waals surface area (Å²) in [5, 5.41) is 0. The third-order valence-corrected chi connectivity index (χ3v) is 8.62. The Bertz CT molecular complexity index is 1690. The van der Waals surface area contributed by atoms with E-state index in [0.29, 0.717) is 43.0 Å². The minimum atomic E-state index is -0.950. The average Bonchev–Trinajstić information content (AvgIpc) is 3.61. The number of Topliss-reactive ketones (excluding diaryl/α,β-unsaturated/α-hetero) is 2. The summed E-state index contributed by atoms with van der Waals surface area (Å²) in [7, 11) is 0. The topological polar surface area (TPSA) is 146 Å². The molecule has 5 rings (SSSR count). The molecule has 272 valence electrons. The Morgan fingerprint density at radius 1 is 0.647 bits per heavy atom. The van der Waals surface area contributed by atoms with E-state index in [1.807, 2.05) is 0 Å². The molecule has 12 heteroatoms. The van der Waals surface area contributed by atoms with Crippen molar-refractivity contribution in [3.8, 4) is 11.1 Å². The molecule has 2 aliphatic heterocycles. The Hall–Kier alpha value is -5.00. The number of amides is 2. The molecule has 1 saturated carbocycles. The monoisotopic (exact) mass is 702 g/mol. The fourth-order valence-corrected chi connectivity index (χ4v) is 5.92. The molecule has 0 bridgehead atoms. The van der Waals surface area contributed by atoms with Crippen LogP contribution in [0.4, 0.5) is 9.59 Å². The number of hydrogen-bond acceptors (Lipinski definition) is 10. The summed E-state index contributed by atoms with van der Waals surface area (Å²) in [6, 6.07) is 11.7. The number of esters is 2. The SMILES string of the molecule is CC(C)(C)OC(=O)N1CC(C2CC2)=CC1C(=O)OCC(=O)c1ccc(-c2ccc(C(=O)COC(=O)[C@@H]3CCCN3C(=O)OC(C)(C)C)cc2)cc1. The molecule has 1 unspecified atom stereocenters. The van der Waals surface area contributed by atoms with E-state index in [0.717, 1.165) is 29.5 Å². The lowest BCUT2D eigenvalue weighted by molar-refractivity contribution is -0.147. The summed E-state index contributed by atoms with van der Waals surface area (Å²) in [5.41, 5.74) is 1.85. The van der Waals surface area contributed by atoms with Gasteiger partial charge in [-0.3, -0.25) is 19.4 Å². The molecular formula is C39H46N2O10. The first-order chi connectivity index (χ1) is 24.0. The Balaban J connectivity index is 1.11. The molecule has 0 radical (unpaired) electrons. The fraction of sp³-hybridized carbons (Fsp3) is 0.487. The van der Waals surface area contributed by atoms with Crippen LogP contribution < -0.4 is 0 Å². The van der Waals surface area contributed by atoms with Crippen molar-refractivity contribution < 1.29 is 47.7 Å². The molecule has 1 aliphatic carbocycles. The molecule has 0 spiro atoms. The van der Waals surface area contributed by atoms with Gasteiger partial charge in [-0.25, -0.2) is 19.2 Å². The van der Waals surface area contributed by atoms with Crippen LogP contribution in [0.5, 0.6) is 0 Å². The lowest BCUT2D eigenvalue weighted by atomic mass is 10.0. The van der Waals surface area contributed by atoms with Crippen LogP contribution in [0.2, 0.25) is 0 Å². The van der Waals surface area contributed by atoms with E-state index >= 15 is 0 Å². The van der Waals surface area contributed by atoms with Gasteiger partial charge in [-0.15, -0.1) is 0 Å². The molecule has 1 saturated heterocycles. The lowest BCUT2D eigenvalue weighted by Gasteiger charge is -2.27. The molecule has 2 aromatic carbocycles. The highest BCUT2D eigenvalue weighted by Gasteiger charge is 2.42. The first-order valence-corrected chi connectivity index (χ1v) is 17.3. The Morgan fingerprint density at radius 2 is 1.12 bits per heavy atom. The summed E-state index contributed by atoms with van der Waals surface area (Å²) >= 11 is 0. The third-order valence-electron chi connectivity index (χ3n) is 8.62. The number of likely N-dealkylation sites (tertiary alicyclic amines) is 1. The van der Waals surface area contributed by atoms with Gasteiger partial charge < -0.3 is 18.9 Å². The van der Waals surface area contributed by atoms with Crippen molar-refractivity contribution in [1.82, 2.24) is 9.80 Å². The highest BCUT2D eigenvalue weighted by Crippen LogP contribution is 2.40. The van der Waals surface area contributed by atoms with Gasteiger partial charge in [-0.2, -0.15) is 0 Å². The van der Waals surface area contributed by atoms with Crippen LogP contribution in [-0.4, -0.2) is 95.1 Å². The molecule has 51 heavy (non-hydrogen) atoms. The largest absolute Gasteiger partial charge is 0.456 e. The van der Waals surface area contributed by atoms with Crippen LogP contribution in [0.15, 0.2) is 60.2 Å². The standard InChI is InChI=1S/C39H46N2O10/c1-38(2,3)50-36(46)40-19-7-8-30(40)34(44)48-22-32(42)27-15-11-24(12-16-27)25-13-17-28(18-14-25)33(43)23-49-35(45)31-20-29(26-9-10-26)21-41(31)37(47)51-39(4,5)6/h11-18,20,26,30-31H,7-10,19,21-23H2,1-6H3/t30-,31?/m0/s1. The second-order valence-corrected chi connectivity index (χ2v) is 15.1. The molecule has 3 aliphatic rings. The smallest absolute Gasteiger partial charge is 0.411 e. The molecular weight excluding hydrogens is 656 g/mol. The van der Waals surface area contributed by atoms with Crippen molar-refractivity contribution in [2.75, 3.05) is 26.3 Å². The second-order valence-electron chi connectivity index (χ2n) is 15.1. The molecule has 0 N–H and O–H groups in total. The van der Waals surface area contributed by atoms with Crippen molar-refractivity contribution in [3.05, 3.63) is 71.3 Å².